The molecule has 0 amide bonds. The maximum atomic E-state index is 9.30. The van der Waals surface area contributed by atoms with Crippen molar-refractivity contribution in [2.75, 3.05) is 7.11 Å². The van der Waals surface area contributed by atoms with E-state index in [-0.39, 0.29) is 0 Å². The third-order valence-electron chi connectivity index (χ3n) is 1.49. The third-order valence-corrected chi connectivity index (χ3v) is 1.49. The summed E-state index contributed by atoms with van der Waals surface area (Å²) in [5, 5.41) is 9.30. The van der Waals surface area contributed by atoms with Crippen LogP contribution in [0.5, 0.6) is 5.75 Å². The lowest BCUT2D eigenvalue weighted by Crippen LogP contribution is -1.98. The molecule has 0 radical (unpaired) electrons. The fourth-order valence-corrected chi connectivity index (χ4v) is 0.877. The standard InChI is InChI=1S/C9H9NO2/c1-3-8(11)7-4-5-10-6-9(7)12-2/h1,4-6,8,11H,2H3. The quantitative estimate of drug-likeness (QED) is 0.654. The van der Waals surface area contributed by atoms with Gasteiger partial charge in [0.15, 0.2) is 0 Å². The summed E-state index contributed by atoms with van der Waals surface area (Å²) in [6.07, 6.45) is 7.19. The minimum Gasteiger partial charge on any atom is -0.495 e. The van der Waals surface area contributed by atoms with Crippen LogP contribution in [0, 0.1) is 12.3 Å². The minimum atomic E-state index is -0.928. The number of aliphatic hydroxyl groups is 1. The first-order valence-electron chi connectivity index (χ1n) is 3.41. The third kappa shape index (κ3) is 1.55. The first-order chi connectivity index (χ1) is 5.79. The van der Waals surface area contributed by atoms with Crippen LogP contribution in [0.15, 0.2) is 18.5 Å². The van der Waals surface area contributed by atoms with Gasteiger partial charge in [0, 0.05) is 11.8 Å². The lowest BCUT2D eigenvalue weighted by molar-refractivity contribution is 0.232. The van der Waals surface area contributed by atoms with Crippen LogP contribution in [0.1, 0.15) is 11.7 Å². The van der Waals surface area contributed by atoms with Gasteiger partial charge in [0.25, 0.3) is 0 Å². The van der Waals surface area contributed by atoms with Crippen LogP contribution in [0.4, 0.5) is 0 Å². The lowest BCUT2D eigenvalue weighted by atomic mass is 10.1. The predicted molar refractivity (Wildman–Crippen MR) is 44.6 cm³/mol. The number of rotatable bonds is 2. The molecule has 1 N–H and O–H groups in total. The summed E-state index contributed by atoms with van der Waals surface area (Å²) < 4.78 is 4.95. The van der Waals surface area contributed by atoms with Gasteiger partial charge in [-0.25, -0.2) is 0 Å². The molecule has 1 aromatic heterocycles. The Morgan fingerprint density at radius 1 is 1.75 bits per heavy atom. The van der Waals surface area contributed by atoms with Crippen LogP contribution in [-0.4, -0.2) is 17.2 Å². The van der Waals surface area contributed by atoms with E-state index in [2.05, 4.69) is 10.9 Å². The summed E-state index contributed by atoms with van der Waals surface area (Å²) in [7, 11) is 1.50. The molecule has 0 saturated heterocycles. The van der Waals surface area contributed by atoms with Crippen molar-refractivity contribution in [2.45, 2.75) is 6.10 Å². The smallest absolute Gasteiger partial charge is 0.143 e. The molecule has 0 aliphatic heterocycles. The highest BCUT2D eigenvalue weighted by molar-refractivity contribution is 5.35. The number of terminal acetylenes is 1. The Balaban J connectivity index is 3.06. The van der Waals surface area contributed by atoms with Gasteiger partial charge in [0.1, 0.15) is 11.9 Å². The van der Waals surface area contributed by atoms with Crippen molar-refractivity contribution >= 4 is 0 Å². The second kappa shape index (κ2) is 3.74. The highest BCUT2D eigenvalue weighted by Crippen LogP contribution is 2.22. The van der Waals surface area contributed by atoms with Gasteiger partial charge in [-0.1, -0.05) is 5.92 Å². The molecule has 1 rings (SSSR count). The van der Waals surface area contributed by atoms with Crippen molar-refractivity contribution in [3.8, 4) is 18.1 Å². The first-order valence-corrected chi connectivity index (χ1v) is 3.41. The average Bonchev–Trinajstić information content (AvgIpc) is 2.16. The van der Waals surface area contributed by atoms with Crippen LogP contribution in [0.25, 0.3) is 0 Å². The summed E-state index contributed by atoms with van der Waals surface area (Å²) >= 11 is 0. The Labute approximate surface area is 71.0 Å². The Bertz CT molecular complexity index is 304. The summed E-state index contributed by atoms with van der Waals surface area (Å²) in [6.45, 7) is 0. The zero-order valence-electron chi connectivity index (χ0n) is 6.69. The molecule has 3 heteroatoms. The van der Waals surface area contributed by atoms with E-state index >= 15 is 0 Å². The molecule has 0 fully saturated rings. The summed E-state index contributed by atoms with van der Waals surface area (Å²) in [5.41, 5.74) is 0.565. The molecule has 0 aliphatic rings. The SMILES string of the molecule is C#CC(O)c1ccncc1OC. The maximum absolute atomic E-state index is 9.30. The van der Waals surface area contributed by atoms with E-state index in [1.54, 1.807) is 12.3 Å². The maximum Gasteiger partial charge on any atom is 0.143 e. The van der Waals surface area contributed by atoms with Crippen LogP contribution < -0.4 is 4.74 Å². The summed E-state index contributed by atoms with van der Waals surface area (Å²) in [6, 6.07) is 1.63. The fourth-order valence-electron chi connectivity index (χ4n) is 0.877. The predicted octanol–water partition coefficient (Wildman–Crippen LogP) is 0.757. The van der Waals surface area contributed by atoms with Crippen molar-refractivity contribution in [3.05, 3.63) is 24.0 Å². The number of methoxy groups -OCH3 is 1. The van der Waals surface area contributed by atoms with Gasteiger partial charge in [-0.05, 0) is 6.07 Å². The highest BCUT2D eigenvalue weighted by atomic mass is 16.5. The van der Waals surface area contributed by atoms with Gasteiger partial charge in [0.05, 0.1) is 13.3 Å². The molecule has 3 nitrogen and oxygen atoms in total. The summed E-state index contributed by atoms with van der Waals surface area (Å²) in [4.78, 5) is 3.83. The zero-order valence-corrected chi connectivity index (χ0v) is 6.69. The van der Waals surface area contributed by atoms with E-state index in [0.29, 0.717) is 11.3 Å². The number of hydrogen-bond acceptors (Lipinski definition) is 3. The van der Waals surface area contributed by atoms with Crippen LogP contribution in [0.2, 0.25) is 0 Å². The van der Waals surface area contributed by atoms with E-state index in [1.807, 2.05) is 0 Å². The lowest BCUT2D eigenvalue weighted by Gasteiger charge is -2.08. The van der Waals surface area contributed by atoms with Gasteiger partial charge in [-0.3, -0.25) is 4.98 Å². The number of ether oxygens (including phenoxy) is 1. The van der Waals surface area contributed by atoms with Crippen molar-refractivity contribution < 1.29 is 9.84 Å². The molecular formula is C9H9NO2. The molecule has 0 bridgehead atoms. The van der Waals surface area contributed by atoms with Crippen molar-refractivity contribution in [2.24, 2.45) is 0 Å². The molecule has 12 heavy (non-hydrogen) atoms. The van der Waals surface area contributed by atoms with Crippen molar-refractivity contribution in [3.63, 3.8) is 0 Å². The largest absolute Gasteiger partial charge is 0.495 e. The van der Waals surface area contributed by atoms with Gasteiger partial charge in [0.2, 0.25) is 0 Å². The second-order valence-electron chi connectivity index (χ2n) is 2.19. The molecule has 1 heterocycles. The van der Waals surface area contributed by atoms with E-state index in [4.69, 9.17) is 11.2 Å². The normalized spacial score (nSPS) is 11.8. The topological polar surface area (TPSA) is 42.4 Å². The average molecular weight is 163 g/mol. The summed E-state index contributed by atoms with van der Waals surface area (Å²) in [5.74, 6) is 2.71. The van der Waals surface area contributed by atoms with E-state index < -0.39 is 6.10 Å². The van der Waals surface area contributed by atoms with Crippen LogP contribution in [-0.2, 0) is 0 Å². The van der Waals surface area contributed by atoms with E-state index in [0.717, 1.165) is 0 Å². The zero-order chi connectivity index (χ0) is 8.97. The number of aliphatic hydroxyl groups excluding tert-OH is 1. The molecule has 0 spiro atoms. The Morgan fingerprint density at radius 3 is 3.08 bits per heavy atom. The first kappa shape index (κ1) is 8.57. The Kier molecular flexibility index (Phi) is 2.67. The highest BCUT2D eigenvalue weighted by Gasteiger charge is 2.08. The molecule has 0 aromatic carbocycles. The van der Waals surface area contributed by atoms with Gasteiger partial charge in [-0.15, -0.1) is 6.42 Å². The molecule has 0 saturated carbocycles. The molecular weight excluding hydrogens is 154 g/mol. The molecule has 0 aliphatic carbocycles. The Morgan fingerprint density at radius 2 is 2.50 bits per heavy atom. The molecule has 1 atom stereocenters. The van der Waals surface area contributed by atoms with E-state index in [9.17, 15) is 5.11 Å². The van der Waals surface area contributed by atoms with Crippen molar-refractivity contribution in [1.82, 2.24) is 4.98 Å². The monoisotopic (exact) mass is 163 g/mol. The van der Waals surface area contributed by atoms with Crippen LogP contribution >= 0.6 is 0 Å². The molecule has 1 unspecified atom stereocenters. The second-order valence-corrected chi connectivity index (χ2v) is 2.19. The number of aromatic nitrogens is 1. The number of pyridine rings is 1. The number of nitrogens with zero attached hydrogens (tertiary/aromatic N) is 1. The van der Waals surface area contributed by atoms with Gasteiger partial charge >= 0.3 is 0 Å². The minimum absolute atomic E-state index is 0.503. The molecule has 1 aromatic rings. The van der Waals surface area contributed by atoms with Gasteiger partial charge in [-0.2, -0.15) is 0 Å². The van der Waals surface area contributed by atoms with Gasteiger partial charge < -0.3 is 9.84 Å². The van der Waals surface area contributed by atoms with Crippen LogP contribution in [0.3, 0.4) is 0 Å². The number of hydrogen-bond donors (Lipinski definition) is 1. The fraction of sp³-hybridized carbons (Fsp3) is 0.222. The molecule has 62 valence electrons. The van der Waals surface area contributed by atoms with Crippen molar-refractivity contribution in [1.29, 1.82) is 0 Å². The Hall–Kier alpha value is -1.53. The van der Waals surface area contributed by atoms with E-state index in [1.165, 1.54) is 13.3 Å².